The Kier molecular flexibility index (Phi) is 5.60. The van der Waals surface area contributed by atoms with Gasteiger partial charge in [0.25, 0.3) is 5.91 Å². The molecule has 2 unspecified atom stereocenters. The van der Waals surface area contributed by atoms with Crippen molar-refractivity contribution < 1.29 is 19.1 Å². The predicted octanol–water partition coefficient (Wildman–Crippen LogP) is 2.13. The van der Waals surface area contributed by atoms with E-state index in [-0.39, 0.29) is 18.0 Å². The molecule has 2 saturated heterocycles. The topological polar surface area (TPSA) is 68.7 Å². The van der Waals surface area contributed by atoms with E-state index in [9.17, 15) is 9.59 Å². The molecule has 1 aromatic heterocycles. The van der Waals surface area contributed by atoms with Gasteiger partial charge in [0.05, 0.1) is 7.11 Å². The number of likely N-dealkylation sites (tertiary alicyclic amines) is 1. The summed E-state index contributed by atoms with van der Waals surface area (Å²) in [5.74, 6) is 2.00. The number of thioether (sulfide) groups is 1. The standard InChI is InChI=1S/C17H22N2O4S/c1-22-17(21)14-4-2-3-8-19(14)16(20)12-5-7-18-15(10-12)23-13-6-9-24-11-13/h5,7,10,13-14H,2-4,6,8-9,11H2,1H3. The van der Waals surface area contributed by atoms with Crippen LogP contribution in [0.25, 0.3) is 0 Å². The summed E-state index contributed by atoms with van der Waals surface area (Å²) < 4.78 is 10.7. The molecule has 2 aliphatic heterocycles. The molecule has 0 aliphatic carbocycles. The Morgan fingerprint density at radius 2 is 2.21 bits per heavy atom. The van der Waals surface area contributed by atoms with Crippen LogP contribution in [0, 0.1) is 0 Å². The number of esters is 1. The lowest BCUT2D eigenvalue weighted by atomic mass is 10.0. The Labute approximate surface area is 145 Å². The molecule has 6 nitrogen and oxygen atoms in total. The van der Waals surface area contributed by atoms with Crippen molar-refractivity contribution in [2.45, 2.75) is 37.8 Å². The fourth-order valence-electron chi connectivity index (χ4n) is 3.11. The minimum absolute atomic E-state index is 0.158. The zero-order chi connectivity index (χ0) is 16.9. The van der Waals surface area contributed by atoms with Gasteiger partial charge in [0, 0.05) is 30.1 Å². The number of hydrogen-bond acceptors (Lipinski definition) is 6. The first kappa shape index (κ1) is 17.1. The summed E-state index contributed by atoms with van der Waals surface area (Å²) in [6.07, 6.45) is 5.21. The van der Waals surface area contributed by atoms with Gasteiger partial charge in [-0.15, -0.1) is 0 Å². The number of hydrogen-bond donors (Lipinski definition) is 0. The molecule has 3 heterocycles. The second kappa shape index (κ2) is 7.88. The molecule has 24 heavy (non-hydrogen) atoms. The molecule has 1 aromatic rings. The third-order valence-electron chi connectivity index (χ3n) is 4.39. The minimum atomic E-state index is -0.500. The summed E-state index contributed by atoms with van der Waals surface area (Å²) in [7, 11) is 1.36. The molecular weight excluding hydrogens is 328 g/mol. The van der Waals surface area contributed by atoms with E-state index in [1.807, 2.05) is 11.8 Å². The van der Waals surface area contributed by atoms with E-state index in [1.165, 1.54) is 7.11 Å². The second-order valence-corrected chi connectivity index (χ2v) is 7.17. The molecule has 130 valence electrons. The molecule has 0 saturated carbocycles. The molecule has 0 aromatic carbocycles. The van der Waals surface area contributed by atoms with Gasteiger partial charge in [0.15, 0.2) is 0 Å². The van der Waals surface area contributed by atoms with Crippen molar-refractivity contribution in [2.75, 3.05) is 25.2 Å². The van der Waals surface area contributed by atoms with Crippen LogP contribution in [0.1, 0.15) is 36.0 Å². The Bertz CT molecular complexity index is 604. The summed E-state index contributed by atoms with van der Waals surface area (Å²) in [6, 6.07) is 2.84. The van der Waals surface area contributed by atoms with E-state index in [0.29, 0.717) is 24.4 Å². The van der Waals surface area contributed by atoms with Gasteiger partial charge < -0.3 is 14.4 Å². The van der Waals surface area contributed by atoms with Crippen molar-refractivity contribution in [1.82, 2.24) is 9.88 Å². The van der Waals surface area contributed by atoms with Gasteiger partial charge in [-0.05, 0) is 37.5 Å². The zero-order valence-electron chi connectivity index (χ0n) is 13.8. The first-order valence-corrected chi connectivity index (χ1v) is 9.44. The van der Waals surface area contributed by atoms with Crippen molar-refractivity contribution in [3.63, 3.8) is 0 Å². The fourth-order valence-corrected chi connectivity index (χ4v) is 4.20. The lowest BCUT2D eigenvalue weighted by Crippen LogP contribution is -2.48. The lowest BCUT2D eigenvalue weighted by molar-refractivity contribution is -0.147. The number of amides is 1. The van der Waals surface area contributed by atoms with E-state index in [4.69, 9.17) is 9.47 Å². The molecule has 0 radical (unpaired) electrons. The quantitative estimate of drug-likeness (QED) is 0.775. The van der Waals surface area contributed by atoms with Gasteiger partial charge >= 0.3 is 5.97 Å². The fraction of sp³-hybridized carbons (Fsp3) is 0.588. The highest BCUT2D eigenvalue weighted by molar-refractivity contribution is 7.99. The Hall–Kier alpha value is -1.76. The van der Waals surface area contributed by atoms with Crippen molar-refractivity contribution >= 4 is 23.6 Å². The maximum atomic E-state index is 12.9. The highest BCUT2D eigenvalue weighted by Crippen LogP contribution is 2.24. The van der Waals surface area contributed by atoms with Crippen LogP contribution in [0.15, 0.2) is 18.3 Å². The second-order valence-electron chi connectivity index (χ2n) is 6.02. The van der Waals surface area contributed by atoms with Crippen LogP contribution in [-0.4, -0.2) is 59.1 Å². The molecule has 3 rings (SSSR count). The maximum absolute atomic E-state index is 12.9. The predicted molar refractivity (Wildman–Crippen MR) is 91.3 cm³/mol. The van der Waals surface area contributed by atoms with Crippen LogP contribution in [0.4, 0.5) is 0 Å². The molecule has 2 atom stereocenters. The average molecular weight is 350 g/mol. The van der Waals surface area contributed by atoms with Crippen molar-refractivity contribution in [1.29, 1.82) is 0 Å². The van der Waals surface area contributed by atoms with E-state index in [2.05, 4.69) is 4.98 Å². The molecule has 2 fully saturated rings. The van der Waals surface area contributed by atoms with Gasteiger partial charge in [-0.25, -0.2) is 9.78 Å². The largest absolute Gasteiger partial charge is 0.473 e. The van der Waals surface area contributed by atoms with Crippen LogP contribution in [-0.2, 0) is 9.53 Å². The van der Waals surface area contributed by atoms with E-state index < -0.39 is 6.04 Å². The van der Waals surface area contributed by atoms with Crippen LogP contribution in [0.3, 0.4) is 0 Å². The molecular formula is C17H22N2O4S. The summed E-state index contributed by atoms with van der Waals surface area (Å²) >= 11 is 1.86. The number of piperidine rings is 1. The lowest BCUT2D eigenvalue weighted by Gasteiger charge is -2.33. The molecule has 2 aliphatic rings. The summed E-state index contributed by atoms with van der Waals surface area (Å²) in [6.45, 7) is 0.566. The highest BCUT2D eigenvalue weighted by Gasteiger charge is 2.33. The monoisotopic (exact) mass is 350 g/mol. The van der Waals surface area contributed by atoms with Crippen molar-refractivity contribution in [2.24, 2.45) is 0 Å². The number of carbonyl (C=O) groups is 2. The van der Waals surface area contributed by atoms with E-state index >= 15 is 0 Å². The van der Waals surface area contributed by atoms with Crippen molar-refractivity contribution in [3.8, 4) is 5.88 Å². The van der Waals surface area contributed by atoms with Crippen molar-refractivity contribution in [3.05, 3.63) is 23.9 Å². The number of ether oxygens (including phenoxy) is 2. The van der Waals surface area contributed by atoms with Crippen LogP contribution in [0.5, 0.6) is 5.88 Å². The number of methoxy groups -OCH3 is 1. The Balaban J connectivity index is 1.74. The number of rotatable bonds is 4. The molecule has 0 bridgehead atoms. The van der Waals surface area contributed by atoms with Gasteiger partial charge in [-0.1, -0.05) is 0 Å². The minimum Gasteiger partial charge on any atom is -0.473 e. The van der Waals surface area contributed by atoms with E-state index in [0.717, 1.165) is 30.8 Å². The van der Waals surface area contributed by atoms with Gasteiger partial charge in [0.2, 0.25) is 5.88 Å². The summed E-state index contributed by atoms with van der Waals surface area (Å²) in [5.41, 5.74) is 0.501. The maximum Gasteiger partial charge on any atom is 0.328 e. The molecule has 1 amide bonds. The smallest absolute Gasteiger partial charge is 0.328 e. The normalized spacial score (nSPS) is 23.8. The number of pyridine rings is 1. The van der Waals surface area contributed by atoms with E-state index in [1.54, 1.807) is 23.2 Å². The Morgan fingerprint density at radius 1 is 1.33 bits per heavy atom. The number of nitrogens with zero attached hydrogens (tertiary/aromatic N) is 2. The highest BCUT2D eigenvalue weighted by atomic mass is 32.2. The number of carbonyl (C=O) groups excluding carboxylic acids is 2. The summed E-state index contributed by atoms with van der Waals surface area (Å²) in [5, 5.41) is 0. The van der Waals surface area contributed by atoms with Gasteiger partial charge in [-0.3, -0.25) is 4.79 Å². The Morgan fingerprint density at radius 3 is 2.96 bits per heavy atom. The molecule has 0 spiro atoms. The molecule has 7 heteroatoms. The van der Waals surface area contributed by atoms with Crippen LogP contribution >= 0.6 is 11.8 Å². The van der Waals surface area contributed by atoms with Crippen LogP contribution in [0.2, 0.25) is 0 Å². The zero-order valence-corrected chi connectivity index (χ0v) is 14.6. The molecule has 0 N–H and O–H groups in total. The average Bonchev–Trinajstić information content (AvgIpc) is 3.13. The first-order chi connectivity index (χ1) is 11.7. The third kappa shape index (κ3) is 3.83. The van der Waals surface area contributed by atoms with Gasteiger partial charge in [-0.2, -0.15) is 11.8 Å². The number of aromatic nitrogens is 1. The van der Waals surface area contributed by atoms with Gasteiger partial charge in [0.1, 0.15) is 12.1 Å². The summed E-state index contributed by atoms with van der Waals surface area (Å²) in [4.78, 5) is 30.6. The first-order valence-electron chi connectivity index (χ1n) is 8.28. The SMILES string of the molecule is COC(=O)C1CCCCN1C(=O)c1ccnc(OC2CCSC2)c1. The van der Waals surface area contributed by atoms with Crippen LogP contribution < -0.4 is 4.74 Å². The third-order valence-corrected chi connectivity index (χ3v) is 5.53.